The molecule has 4 nitrogen and oxygen atoms in total. The molecule has 1 saturated heterocycles. The molecule has 1 fully saturated rings. The quantitative estimate of drug-likeness (QED) is 0.798. The van der Waals surface area contributed by atoms with Crippen LogP contribution in [0, 0.1) is 6.92 Å². The van der Waals surface area contributed by atoms with Gasteiger partial charge in [0.2, 0.25) is 5.91 Å². The lowest BCUT2D eigenvalue weighted by molar-refractivity contribution is -0.111. The summed E-state index contributed by atoms with van der Waals surface area (Å²) in [5.74, 6) is 0.617. The Morgan fingerprint density at radius 1 is 1.12 bits per heavy atom. The van der Waals surface area contributed by atoms with Gasteiger partial charge in [-0.1, -0.05) is 23.8 Å². The molecule has 0 radical (unpaired) electrons. The fourth-order valence-electron chi connectivity index (χ4n) is 3.31. The number of ether oxygens (including phenoxy) is 1. The molecule has 3 rings (SSSR count). The van der Waals surface area contributed by atoms with Crippen molar-refractivity contribution in [3.05, 3.63) is 59.7 Å². The van der Waals surface area contributed by atoms with Crippen molar-refractivity contribution >= 4 is 23.4 Å². The number of piperidine rings is 1. The van der Waals surface area contributed by atoms with Gasteiger partial charge in [-0.2, -0.15) is 0 Å². The van der Waals surface area contributed by atoms with Crippen LogP contribution < -0.4 is 15.0 Å². The highest BCUT2D eigenvalue weighted by Gasteiger charge is 2.14. The van der Waals surface area contributed by atoms with Crippen molar-refractivity contribution in [3.8, 4) is 5.75 Å². The number of aryl methyl sites for hydroxylation is 1. The molecule has 0 aliphatic carbocycles. The molecule has 1 aliphatic heterocycles. The van der Waals surface area contributed by atoms with E-state index in [1.807, 2.05) is 43.3 Å². The average molecular weight is 350 g/mol. The summed E-state index contributed by atoms with van der Waals surface area (Å²) in [4.78, 5) is 14.8. The van der Waals surface area contributed by atoms with Crippen LogP contribution in [0.15, 0.2) is 48.5 Å². The number of methoxy groups -OCH3 is 1. The van der Waals surface area contributed by atoms with Crippen molar-refractivity contribution in [3.63, 3.8) is 0 Å². The number of nitrogens with zero attached hydrogens (tertiary/aromatic N) is 1. The van der Waals surface area contributed by atoms with E-state index in [1.165, 1.54) is 19.3 Å². The molecule has 1 N–H and O–H groups in total. The second-order valence-electron chi connectivity index (χ2n) is 6.63. The molecule has 0 bridgehead atoms. The SMILES string of the molecule is COc1ccc(C)cc1/C=C/C(=O)Nc1ccccc1N1CCCCC1. The van der Waals surface area contributed by atoms with Gasteiger partial charge in [-0.25, -0.2) is 0 Å². The molecule has 4 heteroatoms. The standard InChI is InChI=1S/C22H26N2O2/c1-17-10-12-21(26-2)18(16-17)11-13-22(25)23-19-8-4-5-9-20(19)24-14-6-3-7-15-24/h4-5,8-13,16H,3,6-7,14-15H2,1-2H3,(H,23,25)/b13-11+. The molecular formula is C22H26N2O2. The number of carbonyl (C=O) groups is 1. The summed E-state index contributed by atoms with van der Waals surface area (Å²) in [5, 5.41) is 3.02. The molecular weight excluding hydrogens is 324 g/mol. The molecule has 1 amide bonds. The van der Waals surface area contributed by atoms with E-state index in [9.17, 15) is 4.79 Å². The van der Waals surface area contributed by atoms with Crippen LogP contribution in [0.4, 0.5) is 11.4 Å². The maximum Gasteiger partial charge on any atom is 0.248 e. The minimum absolute atomic E-state index is 0.141. The van der Waals surface area contributed by atoms with Gasteiger partial charge >= 0.3 is 0 Å². The van der Waals surface area contributed by atoms with Gasteiger partial charge in [0.25, 0.3) is 0 Å². The van der Waals surface area contributed by atoms with Crippen molar-refractivity contribution < 1.29 is 9.53 Å². The summed E-state index contributed by atoms with van der Waals surface area (Å²) in [7, 11) is 1.64. The molecule has 0 unspecified atom stereocenters. The van der Waals surface area contributed by atoms with Gasteiger partial charge in [-0.05, 0) is 56.5 Å². The summed E-state index contributed by atoms with van der Waals surface area (Å²) in [6.07, 6.45) is 7.05. The van der Waals surface area contributed by atoms with Gasteiger partial charge in [-0.3, -0.25) is 4.79 Å². The van der Waals surface area contributed by atoms with E-state index in [1.54, 1.807) is 19.3 Å². The van der Waals surface area contributed by atoms with Gasteiger partial charge < -0.3 is 15.0 Å². The Morgan fingerprint density at radius 2 is 1.88 bits per heavy atom. The highest BCUT2D eigenvalue weighted by molar-refractivity contribution is 6.04. The Balaban J connectivity index is 1.73. The smallest absolute Gasteiger partial charge is 0.248 e. The Hall–Kier alpha value is -2.75. The van der Waals surface area contributed by atoms with Crippen molar-refractivity contribution in [1.82, 2.24) is 0 Å². The lowest BCUT2D eigenvalue weighted by Crippen LogP contribution is -2.30. The number of rotatable bonds is 5. The predicted octanol–water partition coefficient (Wildman–Crippen LogP) is 4.65. The van der Waals surface area contributed by atoms with E-state index in [2.05, 4.69) is 16.3 Å². The van der Waals surface area contributed by atoms with E-state index in [-0.39, 0.29) is 5.91 Å². The zero-order chi connectivity index (χ0) is 18.4. The second-order valence-corrected chi connectivity index (χ2v) is 6.63. The van der Waals surface area contributed by atoms with E-state index in [4.69, 9.17) is 4.74 Å². The Labute approximate surface area is 155 Å². The fraction of sp³-hybridized carbons (Fsp3) is 0.318. The number of hydrogen-bond acceptors (Lipinski definition) is 3. The largest absolute Gasteiger partial charge is 0.496 e. The van der Waals surface area contributed by atoms with Crippen molar-refractivity contribution in [2.75, 3.05) is 30.4 Å². The molecule has 0 aromatic heterocycles. The topological polar surface area (TPSA) is 41.6 Å². The number of carbonyl (C=O) groups excluding carboxylic acids is 1. The molecule has 0 saturated carbocycles. The number of benzene rings is 2. The summed E-state index contributed by atoms with van der Waals surface area (Å²) >= 11 is 0. The van der Waals surface area contributed by atoms with Gasteiger partial charge in [0.15, 0.2) is 0 Å². The number of hydrogen-bond donors (Lipinski definition) is 1. The second kappa shape index (κ2) is 8.56. The van der Waals surface area contributed by atoms with Crippen LogP contribution in [0.2, 0.25) is 0 Å². The average Bonchev–Trinajstić information content (AvgIpc) is 2.67. The molecule has 1 aliphatic rings. The van der Waals surface area contributed by atoms with Crippen molar-refractivity contribution in [2.45, 2.75) is 26.2 Å². The van der Waals surface area contributed by atoms with Crippen LogP contribution in [-0.4, -0.2) is 26.1 Å². The van der Waals surface area contributed by atoms with Crippen LogP contribution in [0.25, 0.3) is 6.08 Å². The molecule has 0 spiro atoms. The number of amides is 1. The highest BCUT2D eigenvalue weighted by Crippen LogP contribution is 2.28. The normalized spacial score (nSPS) is 14.5. The predicted molar refractivity (Wildman–Crippen MR) is 108 cm³/mol. The van der Waals surface area contributed by atoms with Gasteiger partial charge in [0.1, 0.15) is 5.75 Å². The van der Waals surface area contributed by atoms with Gasteiger partial charge in [0, 0.05) is 24.7 Å². The Kier molecular flexibility index (Phi) is 5.95. The first-order valence-electron chi connectivity index (χ1n) is 9.15. The molecule has 2 aromatic rings. The minimum Gasteiger partial charge on any atom is -0.496 e. The van der Waals surface area contributed by atoms with E-state index >= 15 is 0 Å². The monoisotopic (exact) mass is 350 g/mol. The van der Waals surface area contributed by atoms with Crippen molar-refractivity contribution in [1.29, 1.82) is 0 Å². The summed E-state index contributed by atoms with van der Waals surface area (Å²) in [5.41, 5.74) is 3.98. The highest BCUT2D eigenvalue weighted by atomic mass is 16.5. The molecule has 2 aromatic carbocycles. The van der Waals surface area contributed by atoms with E-state index in [0.717, 1.165) is 41.3 Å². The fourth-order valence-corrected chi connectivity index (χ4v) is 3.31. The maximum atomic E-state index is 12.4. The van der Waals surface area contributed by atoms with E-state index in [0.29, 0.717) is 0 Å². The third kappa shape index (κ3) is 4.45. The van der Waals surface area contributed by atoms with Crippen LogP contribution in [0.3, 0.4) is 0 Å². The minimum atomic E-state index is -0.141. The van der Waals surface area contributed by atoms with Gasteiger partial charge in [0.05, 0.1) is 18.5 Å². The van der Waals surface area contributed by atoms with Gasteiger partial charge in [-0.15, -0.1) is 0 Å². The van der Waals surface area contributed by atoms with Crippen molar-refractivity contribution in [2.24, 2.45) is 0 Å². The third-order valence-electron chi connectivity index (χ3n) is 4.66. The summed E-state index contributed by atoms with van der Waals surface area (Å²) < 4.78 is 5.36. The molecule has 136 valence electrons. The van der Waals surface area contributed by atoms with Crippen LogP contribution in [-0.2, 0) is 4.79 Å². The number of anilines is 2. The third-order valence-corrected chi connectivity index (χ3v) is 4.66. The lowest BCUT2D eigenvalue weighted by Gasteiger charge is -2.30. The van der Waals surface area contributed by atoms with Crippen LogP contribution >= 0.6 is 0 Å². The summed E-state index contributed by atoms with van der Waals surface area (Å²) in [6, 6.07) is 13.9. The zero-order valence-corrected chi connectivity index (χ0v) is 15.5. The molecule has 0 atom stereocenters. The Bertz CT molecular complexity index is 792. The number of nitrogens with one attached hydrogen (secondary N) is 1. The first kappa shape index (κ1) is 18.1. The summed E-state index contributed by atoms with van der Waals surface area (Å²) in [6.45, 7) is 4.11. The molecule has 1 heterocycles. The lowest BCUT2D eigenvalue weighted by atomic mass is 10.1. The first-order valence-corrected chi connectivity index (χ1v) is 9.15. The zero-order valence-electron chi connectivity index (χ0n) is 15.5. The van der Waals surface area contributed by atoms with Crippen LogP contribution in [0.5, 0.6) is 5.75 Å². The maximum absolute atomic E-state index is 12.4. The number of para-hydroxylation sites is 2. The van der Waals surface area contributed by atoms with Crippen LogP contribution in [0.1, 0.15) is 30.4 Å². The van der Waals surface area contributed by atoms with E-state index < -0.39 is 0 Å². The first-order chi connectivity index (χ1) is 12.7. The Morgan fingerprint density at radius 3 is 2.65 bits per heavy atom. The molecule has 26 heavy (non-hydrogen) atoms.